The van der Waals surface area contributed by atoms with Crippen LogP contribution in [0.2, 0.25) is 0 Å². The first-order valence-corrected chi connectivity index (χ1v) is 6.60. The van der Waals surface area contributed by atoms with Crippen LogP contribution in [-0.4, -0.2) is 49.7 Å². The van der Waals surface area contributed by atoms with Gasteiger partial charge in [-0.1, -0.05) is 6.92 Å². The van der Waals surface area contributed by atoms with Gasteiger partial charge in [0.2, 0.25) is 5.91 Å². The third-order valence-corrected chi connectivity index (χ3v) is 3.60. The second kappa shape index (κ2) is 7.34. The summed E-state index contributed by atoms with van der Waals surface area (Å²) in [5.41, 5.74) is -0.413. The Labute approximate surface area is 109 Å². The van der Waals surface area contributed by atoms with Gasteiger partial charge in [0, 0.05) is 20.2 Å². The first-order chi connectivity index (χ1) is 8.70. The maximum Gasteiger partial charge on any atom is 0.242 e. The fourth-order valence-corrected chi connectivity index (χ4v) is 2.45. The van der Waals surface area contributed by atoms with Crippen molar-refractivity contribution in [1.82, 2.24) is 10.2 Å². The molecule has 0 aliphatic carbocycles. The molecule has 1 saturated heterocycles. The zero-order chi connectivity index (χ0) is 13.4. The van der Waals surface area contributed by atoms with Crippen LogP contribution in [0.3, 0.4) is 0 Å². The molecule has 0 aromatic rings. The summed E-state index contributed by atoms with van der Waals surface area (Å²) < 4.78 is 5.03. The molecule has 1 unspecified atom stereocenters. The van der Waals surface area contributed by atoms with E-state index in [0.29, 0.717) is 26.1 Å². The summed E-state index contributed by atoms with van der Waals surface area (Å²) in [6.45, 7) is 4.49. The summed E-state index contributed by atoms with van der Waals surface area (Å²) >= 11 is 0. The van der Waals surface area contributed by atoms with Crippen molar-refractivity contribution in [3.63, 3.8) is 0 Å². The molecule has 0 aromatic carbocycles. The molecule has 1 atom stereocenters. The van der Waals surface area contributed by atoms with Gasteiger partial charge in [-0.05, 0) is 25.8 Å². The summed E-state index contributed by atoms with van der Waals surface area (Å²) in [6.07, 6.45) is 3.09. The van der Waals surface area contributed by atoms with Crippen molar-refractivity contribution >= 4 is 5.91 Å². The van der Waals surface area contributed by atoms with E-state index >= 15 is 0 Å². The monoisotopic (exact) mass is 253 g/mol. The number of hydrogen-bond acceptors (Lipinski definition) is 4. The number of nitrogens with one attached hydrogen (secondary N) is 1. The van der Waals surface area contributed by atoms with Gasteiger partial charge >= 0.3 is 0 Å². The lowest BCUT2D eigenvalue weighted by Gasteiger charge is -2.33. The number of methoxy groups -OCH3 is 1. The average Bonchev–Trinajstić information content (AvgIpc) is 2.88. The second-order valence-electron chi connectivity index (χ2n) is 4.66. The van der Waals surface area contributed by atoms with Gasteiger partial charge in [0.05, 0.1) is 24.6 Å². The van der Waals surface area contributed by atoms with E-state index in [1.54, 1.807) is 12.0 Å². The number of nitriles is 1. The largest absolute Gasteiger partial charge is 0.383 e. The molecule has 1 heterocycles. The van der Waals surface area contributed by atoms with E-state index in [2.05, 4.69) is 11.4 Å². The van der Waals surface area contributed by atoms with Gasteiger partial charge < -0.3 is 15.0 Å². The lowest BCUT2D eigenvalue weighted by Crippen LogP contribution is -2.55. The molecule has 1 rings (SSSR count). The minimum atomic E-state index is -0.413. The van der Waals surface area contributed by atoms with Crippen molar-refractivity contribution in [2.75, 3.05) is 33.4 Å². The number of carbonyl (C=O) groups excluding carboxylic acids is 1. The quantitative estimate of drug-likeness (QED) is 0.732. The number of hydrogen-bond donors (Lipinski definition) is 1. The lowest BCUT2D eigenvalue weighted by atomic mass is 9.92. The molecule has 0 saturated carbocycles. The van der Waals surface area contributed by atoms with E-state index in [1.807, 2.05) is 6.92 Å². The topological polar surface area (TPSA) is 65.4 Å². The molecule has 1 fully saturated rings. The van der Waals surface area contributed by atoms with Crippen LogP contribution in [0, 0.1) is 11.3 Å². The van der Waals surface area contributed by atoms with Gasteiger partial charge in [0.15, 0.2) is 0 Å². The van der Waals surface area contributed by atoms with Crippen LogP contribution >= 0.6 is 0 Å². The van der Waals surface area contributed by atoms with Gasteiger partial charge in [-0.2, -0.15) is 5.26 Å². The SMILES string of the molecule is CCC1(C(=O)N(CCC#N)CCOC)CCCN1. The molecule has 5 nitrogen and oxygen atoms in total. The maximum atomic E-state index is 12.6. The third-order valence-electron chi connectivity index (χ3n) is 3.60. The number of amides is 1. The normalized spacial score (nSPS) is 22.7. The molecule has 18 heavy (non-hydrogen) atoms. The van der Waals surface area contributed by atoms with Crippen LogP contribution in [0.1, 0.15) is 32.6 Å². The molecule has 1 amide bonds. The Morgan fingerprint density at radius 2 is 2.33 bits per heavy atom. The summed E-state index contributed by atoms with van der Waals surface area (Å²) in [6, 6.07) is 2.10. The van der Waals surface area contributed by atoms with E-state index in [1.165, 1.54) is 0 Å². The van der Waals surface area contributed by atoms with E-state index in [4.69, 9.17) is 10.00 Å². The number of nitrogens with zero attached hydrogens (tertiary/aromatic N) is 2. The van der Waals surface area contributed by atoms with Gasteiger partial charge in [0.1, 0.15) is 0 Å². The summed E-state index contributed by atoms with van der Waals surface area (Å²) in [7, 11) is 1.62. The first kappa shape index (κ1) is 14.9. The van der Waals surface area contributed by atoms with Crippen LogP contribution < -0.4 is 5.32 Å². The van der Waals surface area contributed by atoms with Crippen molar-refractivity contribution < 1.29 is 9.53 Å². The maximum absolute atomic E-state index is 12.6. The Kier molecular flexibility index (Phi) is 6.10. The van der Waals surface area contributed by atoms with E-state index < -0.39 is 5.54 Å². The van der Waals surface area contributed by atoms with Crippen molar-refractivity contribution in [2.24, 2.45) is 0 Å². The van der Waals surface area contributed by atoms with Crippen LogP contribution in [0.15, 0.2) is 0 Å². The highest BCUT2D eigenvalue weighted by atomic mass is 16.5. The Morgan fingerprint density at radius 1 is 1.56 bits per heavy atom. The van der Waals surface area contributed by atoms with Gasteiger partial charge in [-0.3, -0.25) is 4.79 Å². The van der Waals surface area contributed by atoms with Crippen molar-refractivity contribution in [1.29, 1.82) is 5.26 Å². The third kappa shape index (κ3) is 3.44. The van der Waals surface area contributed by atoms with Crippen LogP contribution in [0.25, 0.3) is 0 Å². The molecular formula is C13H23N3O2. The minimum Gasteiger partial charge on any atom is -0.383 e. The predicted molar refractivity (Wildman–Crippen MR) is 68.9 cm³/mol. The van der Waals surface area contributed by atoms with Crippen LogP contribution in [-0.2, 0) is 9.53 Å². The molecule has 0 spiro atoms. The number of rotatable bonds is 7. The highest BCUT2D eigenvalue weighted by Gasteiger charge is 2.41. The van der Waals surface area contributed by atoms with Gasteiger partial charge in [-0.25, -0.2) is 0 Å². The molecule has 5 heteroatoms. The van der Waals surface area contributed by atoms with Crippen LogP contribution in [0.4, 0.5) is 0 Å². The zero-order valence-corrected chi connectivity index (χ0v) is 11.4. The molecule has 1 aliphatic rings. The Hall–Kier alpha value is -1.12. The van der Waals surface area contributed by atoms with E-state index in [0.717, 1.165) is 25.8 Å². The van der Waals surface area contributed by atoms with Crippen molar-refractivity contribution in [3.05, 3.63) is 0 Å². The van der Waals surface area contributed by atoms with Gasteiger partial charge in [0.25, 0.3) is 0 Å². The van der Waals surface area contributed by atoms with Gasteiger partial charge in [-0.15, -0.1) is 0 Å². The zero-order valence-electron chi connectivity index (χ0n) is 11.4. The molecular weight excluding hydrogens is 230 g/mol. The summed E-state index contributed by atoms with van der Waals surface area (Å²) in [4.78, 5) is 14.4. The fraction of sp³-hybridized carbons (Fsp3) is 0.846. The lowest BCUT2D eigenvalue weighted by molar-refractivity contribution is -0.138. The molecule has 0 bridgehead atoms. The molecule has 1 N–H and O–H groups in total. The van der Waals surface area contributed by atoms with Crippen molar-refractivity contribution in [2.45, 2.75) is 38.1 Å². The Balaban J connectivity index is 2.70. The molecule has 102 valence electrons. The molecule has 0 radical (unpaired) electrons. The first-order valence-electron chi connectivity index (χ1n) is 6.60. The highest BCUT2D eigenvalue weighted by Crippen LogP contribution is 2.25. The Bertz CT molecular complexity index is 306. The fourth-order valence-electron chi connectivity index (χ4n) is 2.45. The van der Waals surface area contributed by atoms with Crippen molar-refractivity contribution in [3.8, 4) is 6.07 Å². The van der Waals surface area contributed by atoms with E-state index in [-0.39, 0.29) is 5.91 Å². The smallest absolute Gasteiger partial charge is 0.242 e. The predicted octanol–water partition coefficient (Wildman–Crippen LogP) is 0.907. The highest BCUT2D eigenvalue weighted by molar-refractivity contribution is 5.86. The minimum absolute atomic E-state index is 0.120. The van der Waals surface area contributed by atoms with Crippen LogP contribution in [0.5, 0.6) is 0 Å². The molecule has 0 aromatic heterocycles. The average molecular weight is 253 g/mol. The summed E-state index contributed by atoms with van der Waals surface area (Å²) in [5.74, 6) is 0.120. The summed E-state index contributed by atoms with van der Waals surface area (Å²) in [5, 5.41) is 12.0. The second-order valence-corrected chi connectivity index (χ2v) is 4.66. The number of carbonyl (C=O) groups is 1. The van der Waals surface area contributed by atoms with E-state index in [9.17, 15) is 4.79 Å². The Morgan fingerprint density at radius 3 is 2.83 bits per heavy atom. The standard InChI is InChI=1S/C13H23N3O2/c1-3-13(6-4-8-15-13)12(17)16(9-5-7-14)10-11-18-2/h15H,3-6,8-11H2,1-2H3. The number of ether oxygens (including phenoxy) is 1. The molecule has 1 aliphatic heterocycles.